The third-order valence-corrected chi connectivity index (χ3v) is 3.97. The van der Waals surface area contributed by atoms with Crippen molar-refractivity contribution in [1.29, 1.82) is 0 Å². The highest BCUT2D eigenvalue weighted by molar-refractivity contribution is 6.33. The molecule has 21 heavy (non-hydrogen) atoms. The Balaban J connectivity index is 2.17. The van der Waals surface area contributed by atoms with Gasteiger partial charge in [-0.1, -0.05) is 24.4 Å². The Morgan fingerprint density at radius 2 is 1.81 bits per heavy atom. The quantitative estimate of drug-likeness (QED) is 0.842. The highest BCUT2D eigenvalue weighted by Gasteiger charge is 2.32. The van der Waals surface area contributed by atoms with Crippen LogP contribution in [0.1, 0.15) is 36.0 Å². The molecule has 1 aromatic carbocycles. The van der Waals surface area contributed by atoms with Gasteiger partial charge >= 0.3 is 5.97 Å². The molecule has 1 aromatic rings. The lowest BCUT2D eigenvalue weighted by Crippen LogP contribution is -2.45. The Labute approximate surface area is 125 Å². The molecular weight excluding hydrogens is 304 g/mol. The van der Waals surface area contributed by atoms with Gasteiger partial charge in [0.1, 0.15) is 0 Å². The fourth-order valence-corrected chi connectivity index (χ4v) is 2.78. The van der Waals surface area contributed by atoms with Crippen LogP contribution in [0.4, 0.5) is 8.78 Å². The summed E-state index contributed by atoms with van der Waals surface area (Å²) in [6, 6.07) is 0.903. The molecule has 0 heterocycles. The maximum Gasteiger partial charge on any atom is 0.308 e. The van der Waals surface area contributed by atoms with Gasteiger partial charge in [0.25, 0.3) is 5.91 Å². The lowest BCUT2D eigenvalue weighted by molar-refractivity contribution is -0.143. The molecular formula is C14H14ClF2NO3. The Morgan fingerprint density at radius 3 is 2.48 bits per heavy atom. The first-order valence-corrected chi connectivity index (χ1v) is 6.96. The maximum atomic E-state index is 13.2. The van der Waals surface area contributed by atoms with Crippen LogP contribution >= 0.6 is 11.6 Å². The lowest BCUT2D eigenvalue weighted by atomic mass is 9.84. The van der Waals surface area contributed by atoms with E-state index in [0.717, 1.165) is 18.9 Å². The fourth-order valence-electron chi connectivity index (χ4n) is 2.54. The molecule has 2 N–H and O–H groups in total. The average Bonchev–Trinajstić information content (AvgIpc) is 2.43. The first kappa shape index (κ1) is 15.7. The van der Waals surface area contributed by atoms with Crippen LogP contribution in [0.25, 0.3) is 0 Å². The van der Waals surface area contributed by atoms with Crippen LogP contribution in [0.3, 0.4) is 0 Å². The van der Waals surface area contributed by atoms with Crippen molar-refractivity contribution in [3.05, 3.63) is 34.4 Å². The molecule has 0 aliphatic heterocycles. The molecule has 7 heteroatoms. The van der Waals surface area contributed by atoms with Gasteiger partial charge in [0, 0.05) is 6.04 Å². The molecule has 2 rings (SSSR count). The van der Waals surface area contributed by atoms with Gasteiger partial charge < -0.3 is 10.4 Å². The number of aliphatic carboxylic acids is 1. The van der Waals surface area contributed by atoms with Crippen molar-refractivity contribution < 1.29 is 23.5 Å². The van der Waals surface area contributed by atoms with E-state index in [9.17, 15) is 18.4 Å². The van der Waals surface area contributed by atoms with Crippen LogP contribution in [0.2, 0.25) is 5.02 Å². The van der Waals surface area contributed by atoms with Crippen LogP contribution in [-0.4, -0.2) is 23.0 Å². The van der Waals surface area contributed by atoms with Crippen LogP contribution in [0, 0.1) is 17.6 Å². The average molecular weight is 318 g/mol. The minimum atomic E-state index is -1.18. The van der Waals surface area contributed by atoms with E-state index < -0.39 is 35.5 Å². The van der Waals surface area contributed by atoms with Gasteiger partial charge in [0.15, 0.2) is 11.6 Å². The third kappa shape index (κ3) is 3.50. The molecule has 1 aliphatic carbocycles. The van der Waals surface area contributed by atoms with Gasteiger partial charge in [0.2, 0.25) is 0 Å². The highest BCUT2D eigenvalue weighted by atomic mass is 35.5. The molecule has 0 spiro atoms. The van der Waals surface area contributed by atoms with E-state index in [1.165, 1.54) is 0 Å². The van der Waals surface area contributed by atoms with Crippen molar-refractivity contribution >= 4 is 23.5 Å². The zero-order valence-corrected chi connectivity index (χ0v) is 11.8. The molecule has 114 valence electrons. The number of carboxylic acids is 1. The number of hydrogen-bond acceptors (Lipinski definition) is 2. The Kier molecular flexibility index (Phi) is 4.77. The Morgan fingerprint density at radius 1 is 1.19 bits per heavy atom. The van der Waals surface area contributed by atoms with E-state index in [1.54, 1.807) is 0 Å². The van der Waals surface area contributed by atoms with Crippen LogP contribution in [0.15, 0.2) is 12.1 Å². The molecule has 2 atom stereocenters. The van der Waals surface area contributed by atoms with Crippen molar-refractivity contribution in [2.45, 2.75) is 31.7 Å². The molecule has 0 saturated heterocycles. The van der Waals surface area contributed by atoms with Gasteiger partial charge in [0.05, 0.1) is 16.5 Å². The molecule has 0 radical (unpaired) electrons. The number of nitrogens with one attached hydrogen (secondary N) is 1. The van der Waals surface area contributed by atoms with Gasteiger partial charge in [-0.25, -0.2) is 8.78 Å². The number of carbonyl (C=O) groups excluding carboxylic acids is 1. The van der Waals surface area contributed by atoms with Gasteiger partial charge in [-0.3, -0.25) is 9.59 Å². The summed E-state index contributed by atoms with van der Waals surface area (Å²) in [5.74, 6) is -4.67. The number of rotatable bonds is 3. The largest absolute Gasteiger partial charge is 0.481 e. The molecule has 1 fully saturated rings. The summed E-state index contributed by atoms with van der Waals surface area (Å²) in [7, 11) is 0. The number of halogens is 3. The summed E-state index contributed by atoms with van der Waals surface area (Å²) >= 11 is 5.73. The molecule has 0 aromatic heterocycles. The van der Waals surface area contributed by atoms with Crippen molar-refractivity contribution in [2.75, 3.05) is 0 Å². The SMILES string of the molecule is O=C(NC1CCCCC1C(=O)O)c1cc(F)c(F)cc1Cl. The summed E-state index contributed by atoms with van der Waals surface area (Å²) in [6.45, 7) is 0. The molecule has 1 amide bonds. The summed E-state index contributed by atoms with van der Waals surface area (Å²) in [5.41, 5.74) is -0.203. The van der Waals surface area contributed by atoms with Crippen molar-refractivity contribution in [1.82, 2.24) is 5.32 Å². The van der Waals surface area contributed by atoms with Crippen molar-refractivity contribution in [2.24, 2.45) is 5.92 Å². The number of hydrogen-bond donors (Lipinski definition) is 2. The predicted octanol–water partition coefficient (Wildman–Crippen LogP) is 2.99. The second kappa shape index (κ2) is 6.39. The minimum Gasteiger partial charge on any atom is -0.481 e. The molecule has 1 saturated carbocycles. The van der Waals surface area contributed by atoms with Crippen molar-refractivity contribution in [3.8, 4) is 0 Å². The van der Waals surface area contributed by atoms with E-state index in [0.29, 0.717) is 18.9 Å². The standard InChI is InChI=1S/C14H14ClF2NO3/c15-9-6-11(17)10(16)5-8(9)13(19)18-12-4-2-1-3-7(12)14(20)21/h5-7,12H,1-4H2,(H,18,19)(H,20,21). The minimum absolute atomic E-state index is 0.203. The number of carbonyl (C=O) groups is 2. The van der Waals surface area contributed by atoms with Crippen LogP contribution in [-0.2, 0) is 4.79 Å². The zero-order chi connectivity index (χ0) is 15.6. The van der Waals surface area contributed by atoms with E-state index >= 15 is 0 Å². The van der Waals surface area contributed by atoms with E-state index in [2.05, 4.69) is 5.32 Å². The van der Waals surface area contributed by atoms with Crippen LogP contribution in [0.5, 0.6) is 0 Å². The summed E-state index contributed by atoms with van der Waals surface area (Å²) in [6.07, 6.45) is 2.60. The monoisotopic (exact) mass is 317 g/mol. The summed E-state index contributed by atoms with van der Waals surface area (Å²) < 4.78 is 26.2. The predicted molar refractivity (Wildman–Crippen MR) is 72.2 cm³/mol. The van der Waals surface area contributed by atoms with E-state index in [4.69, 9.17) is 16.7 Å². The van der Waals surface area contributed by atoms with E-state index in [1.807, 2.05) is 0 Å². The van der Waals surface area contributed by atoms with E-state index in [-0.39, 0.29) is 10.6 Å². The number of benzene rings is 1. The summed E-state index contributed by atoms with van der Waals surface area (Å²) in [5, 5.41) is 11.5. The summed E-state index contributed by atoms with van der Waals surface area (Å²) in [4.78, 5) is 23.2. The number of amides is 1. The topological polar surface area (TPSA) is 66.4 Å². The molecule has 2 unspecified atom stereocenters. The first-order valence-electron chi connectivity index (χ1n) is 6.58. The number of carboxylic acid groups (broad SMARTS) is 1. The normalized spacial score (nSPS) is 21.9. The van der Waals surface area contributed by atoms with Gasteiger partial charge in [-0.15, -0.1) is 0 Å². The van der Waals surface area contributed by atoms with Gasteiger partial charge in [-0.2, -0.15) is 0 Å². The molecule has 0 bridgehead atoms. The van der Waals surface area contributed by atoms with Gasteiger partial charge in [-0.05, 0) is 25.0 Å². The smallest absolute Gasteiger partial charge is 0.308 e. The lowest BCUT2D eigenvalue weighted by Gasteiger charge is -2.29. The van der Waals surface area contributed by atoms with Crippen LogP contribution < -0.4 is 5.32 Å². The Hall–Kier alpha value is -1.69. The molecule has 1 aliphatic rings. The fraction of sp³-hybridized carbons (Fsp3) is 0.429. The second-order valence-corrected chi connectivity index (χ2v) is 5.46. The first-order chi connectivity index (χ1) is 9.90. The zero-order valence-electron chi connectivity index (χ0n) is 11.0. The Bertz CT molecular complexity index is 580. The van der Waals surface area contributed by atoms with Crippen molar-refractivity contribution in [3.63, 3.8) is 0 Å². The maximum absolute atomic E-state index is 13.2. The molecule has 4 nitrogen and oxygen atoms in total. The highest BCUT2D eigenvalue weighted by Crippen LogP contribution is 2.26. The third-order valence-electron chi connectivity index (χ3n) is 3.65. The second-order valence-electron chi connectivity index (χ2n) is 5.06.